The molecule has 0 saturated heterocycles. The van der Waals surface area contributed by atoms with Gasteiger partial charge in [0, 0.05) is 28.9 Å². The fourth-order valence-electron chi connectivity index (χ4n) is 3.04. The van der Waals surface area contributed by atoms with Crippen molar-refractivity contribution < 1.29 is 14.0 Å². The summed E-state index contributed by atoms with van der Waals surface area (Å²) in [5.74, 6) is 0.142. The zero-order valence-electron chi connectivity index (χ0n) is 17.7. The predicted octanol–water partition coefficient (Wildman–Crippen LogP) is 5.70. The van der Waals surface area contributed by atoms with Gasteiger partial charge in [0.15, 0.2) is 0 Å². The fraction of sp³-hybridized carbons (Fsp3) is 0.391. The van der Waals surface area contributed by atoms with Crippen LogP contribution in [0.5, 0.6) is 0 Å². The van der Waals surface area contributed by atoms with Gasteiger partial charge >= 0.3 is 0 Å². The van der Waals surface area contributed by atoms with Gasteiger partial charge in [-0.2, -0.15) is 0 Å². The molecular formula is C23H27Cl2FN2O2S. The van der Waals surface area contributed by atoms with E-state index >= 15 is 0 Å². The quantitative estimate of drug-likeness (QED) is 0.444. The number of thioether (sulfide) groups is 1. The first-order chi connectivity index (χ1) is 14.8. The van der Waals surface area contributed by atoms with Gasteiger partial charge in [0.1, 0.15) is 11.9 Å². The van der Waals surface area contributed by atoms with Crippen molar-refractivity contribution in [1.82, 2.24) is 10.2 Å². The average molecular weight is 485 g/mol. The Morgan fingerprint density at radius 2 is 1.84 bits per heavy atom. The molecule has 4 nitrogen and oxygen atoms in total. The van der Waals surface area contributed by atoms with Crippen LogP contribution >= 0.6 is 35.0 Å². The summed E-state index contributed by atoms with van der Waals surface area (Å²) in [6, 6.07) is 10.7. The molecule has 1 N–H and O–H groups in total. The number of halogens is 3. The smallest absolute Gasteiger partial charge is 0.242 e. The third-order valence-electron chi connectivity index (χ3n) is 4.70. The zero-order chi connectivity index (χ0) is 22.8. The highest BCUT2D eigenvalue weighted by Crippen LogP contribution is 2.24. The lowest BCUT2D eigenvalue weighted by atomic mass is 10.1. The maximum atomic E-state index is 13.1. The van der Waals surface area contributed by atoms with Gasteiger partial charge in [0.2, 0.25) is 11.8 Å². The number of hydrogen-bond donors (Lipinski definition) is 1. The largest absolute Gasteiger partial charge is 0.354 e. The molecule has 0 bridgehead atoms. The number of benzene rings is 2. The minimum atomic E-state index is -0.600. The Morgan fingerprint density at radius 1 is 1.13 bits per heavy atom. The third-order valence-corrected chi connectivity index (χ3v) is 6.27. The first kappa shape index (κ1) is 25.5. The van der Waals surface area contributed by atoms with Gasteiger partial charge in [-0.3, -0.25) is 9.59 Å². The van der Waals surface area contributed by atoms with Gasteiger partial charge in [-0.05, 0) is 48.2 Å². The van der Waals surface area contributed by atoms with Crippen molar-refractivity contribution in [2.75, 3.05) is 12.3 Å². The number of rotatable bonds is 11. The zero-order valence-corrected chi connectivity index (χ0v) is 20.0. The number of hydrogen-bond acceptors (Lipinski definition) is 3. The second-order valence-corrected chi connectivity index (χ2v) is 8.92. The van der Waals surface area contributed by atoms with Gasteiger partial charge in [0.25, 0.3) is 0 Å². The average Bonchev–Trinajstić information content (AvgIpc) is 2.74. The molecule has 0 radical (unpaired) electrons. The van der Waals surface area contributed by atoms with Gasteiger partial charge in [-0.25, -0.2) is 4.39 Å². The van der Waals surface area contributed by atoms with Crippen molar-refractivity contribution in [3.8, 4) is 0 Å². The molecule has 0 aliphatic heterocycles. The molecule has 0 aliphatic rings. The maximum absolute atomic E-state index is 13.1. The molecule has 2 amide bonds. The summed E-state index contributed by atoms with van der Waals surface area (Å²) in [4.78, 5) is 27.5. The van der Waals surface area contributed by atoms with Crippen LogP contribution in [0.15, 0.2) is 42.5 Å². The second-order valence-electron chi connectivity index (χ2n) is 7.09. The van der Waals surface area contributed by atoms with Crippen molar-refractivity contribution in [3.05, 3.63) is 69.5 Å². The Bertz CT molecular complexity index is 880. The standard InChI is InChI=1S/C23H27Cl2FN2O2S/c1-3-11-27-23(30)21(4-2)28(13-17-7-8-18(24)12-20(17)25)22(29)15-31-14-16-5-9-19(26)10-6-16/h5-10,12,21H,3-4,11,13-15H2,1-2H3,(H,27,30)/t21-/m1/s1. The van der Waals surface area contributed by atoms with Crippen LogP contribution in [0, 0.1) is 5.82 Å². The van der Waals surface area contributed by atoms with Crippen molar-refractivity contribution in [2.24, 2.45) is 0 Å². The molecule has 8 heteroatoms. The van der Waals surface area contributed by atoms with E-state index in [1.165, 1.54) is 23.9 Å². The van der Waals surface area contributed by atoms with E-state index in [1.54, 1.807) is 35.2 Å². The summed E-state index contributed by atoms with van der Waals surface area (Å²) < 4.78 is 13.1. The Hall–Kier alpha value is -1.76. The van der Waals surface area contributed by atoms with Crippen LogP contribution in [-0.2, 0) is 21.9 Å². The van der Waals surface area contributed by atoms with Crippen LogP contribution in [0.2, 0.25) is 10.0 Å². The van der Waals surface area contributed by atoms with Crippen LogP contribution in [-0.4, -0.2) is 35.1 Å². The first-order valence-electron chi connectivity index (χ1n) is 10.2. The topological polar surface area (TPSA) is 49.4 Å². The lowest BCUT2D eigenvalue weighted by molar-refractivity contribution is -0.139. The van der Waals surface area contributed by atoms with E-state index in [-0.39, 0.29) is 29.9 Å². The van der Waals surface area contributed by atoms with Crippen molar-refractivity contribution >= 4 is 46.8 Å². The number of carbonyl (C=O) groups excluding carboxylic acids is 2. The molecule has 0 heterocycles. The molecule has 168 valence electrons. The van der Waals surface area contributed by atoms with Crippen LogP contribution < -0.4 is 5.32 Å². The third kappa shape index (κ3) is 8.02. The molecular weight excluding hydrogens is 458 g/mol. The van der Waals surface area contributed by atoms with Crippen molar-refractivity contribution in [3.63, 3.8) is 0 Å². The monoisotopic (exact) mass is 484 g/mol. The lowest BCUT2D eigenvalue weighted by Gasteiger charge is -2.31. The minimum Gasteiger partial charge on any atom is -0.354 e. The normalized spacial score (nSPS) is 11.8. The first-order valence-corrected chi connectivity index (χ1v) is 12.1. The number of nitrogens with zero attached hydrogens (tertiary/aromatic N) is 1. The Morgan fingerprint density at radius 3 is 2.45 bits per heavy atom. The van der Waals surface area contributed by atoms with Gasteiger partial charge in [-0.15, -0.1) is 11.8 Å². The molecule has 2 aromatic rings. The summed E-state index contributed by atoms with van der Waals surface area (Å²) in [5, 5.41) is 3.85. The van der Waals surface area contributed by atoms with Gasteiger partial charge in [0.05, 0.1) is 5.75 Å². The van der Waals surface area contributed by atoms with E-state index in [0.717, 1.165) is 17.5 Å². The van der Waals surface area contributed by atoms with E-state index in [2.05, 4.69) is 5.32 Å². The Kier molecular flexibility index (Phi) is 10.6. The molecule has 31 heavy (non-hydrogen) atoms. The van der Waals surface area contributed by atoms with E-state index in [0.29, 0.717) is 28.8 Å². The maximum Gasteiger partial charge on any atom is 0.242 e. The number of amides is 2. The molecule has 2 rings (SSSR count). The van der Waals surface area contributed by atoms with Crippen LogP contribution in [0.1, 0.15) is 37.8 Å². The van der Waals surface area contributed by atoms with Crippen molar-refractivity contribution in [1.29, 1.82) is 0 Å². The summed E-state index contributed by atoms with van der Waals surface area (Å²) >= 11 is 13.7. The predicted molar refractivity (Wildman–Crippen MR) is 127 cm³/mol. The highest BCUT2D eigenvalue weighted by atomic mass is 35.5. The molecule has 0 unspecified atom stereocenters. The van der Waals surface area contributed by atoms with Gasteiger partial charge < -0.3 is 10.2 Å². The summed E-state index contributed by atoms with van der Waals surface area (Å²) in [5.41, 5.74) is 1.66. The van der Waals surface area contributed by atoms with Crippen LogP contribution in [0.25, 0.3) is 0 Å². The number of nitrogens with one attached hydrogen (secondary N) is 1. The molecule has 0 fully saturated rings. The number of carbonyl (C=O) groups is 2. The van der Waals surface area contributed by atoms with Crippen LogP contribution in [0.4, 0.5) is 4.39 Å². The summed E-state index contributed by atoms with van der Waals surface area (Å²) in [6.07, 6.45) is 1.29. The Balaban J connectivity index is 2.14. The minimum absolute atomic E-state index is 0.156. The highest BCUT2D eigenvalue weighted by molar-refractivity contribution is 7.99. The van der Waals surface area contributed by atoms with E-state index in [9.17, 15) is 14.0 Å². The van der Waals surface area contributed by atoms with Crippen LogP contribution in [0.3, 0.4) is 0 Å². The molecule has 1 atom stereocenters. The lowest BCUT2D eigenvalue weighted by Crippen LogP contribution is -2.49. The molecule has 0 aliphatic carbocycles. The Labute approximate surface area is 197 Å². The van der Waals surface area contributed by atoms with E-state index in [1.807, 2.05) is 13.8 Å². The fourth-order valence-corrected chi connectivity index (χ4v) is 4.38. The molecule has 0 saturated carbocycles. The summed E-state index contributed by atoms with van der Waals surface area (Å²) in [6.45, 7) is 4.62. The summed E-state index contributed by atoms with van der Waals surface area (Å²) in [7, 11) is 0. The highest BCUT2D eigenvalue weighted by Gasteiger charge is 2.28. The molecule has 0 aromatic heterocycles. The second kappa shape index (κ2) is 12.9. The molecule has 0 spiro atoms. The molecule has 2 aromatic carbocycles. The van der Waals surface area contributed by atoms with E-state index in [4.69, 9.17) is 23.2 Å². The van der Waals surface area contributed by atoms with Gasteiger partial charge in [-0.1, -0.05) is 55.2 Å². The SMILES string of the molecule is CCCNC(=O)[C@@H](CC)N(Cc1ccc(Cl)cc1Cl)C(=O)CSCc1ccc(F)cc1. The van der Waals surface area contributed by atoms with E-state index < -0.39 is 6.04 Å². The van der Waals surface area contributed by atoms with Crippen molar-refractivity contribution in [2.45, 2.75) is 45.0 Å².